The average Bonchev–Trinajstić information content (AvgIpc) is 3.33. The molecule has 0 bridgehead atoms. The first kappa shape index (κ1) is 62.7. The summed E-state index contributed by atoms with van der Waals surface area (Å²) in [5.74, 6) is -3.73. The van der Waals surface area contributed by atoms with Crippen molar-refractivity contribution in [2.24, 2.45) is 11.8 Å². The number of rotatable bonds is 20. The minimum Gasteiger partial charge on any atom is -0.463 e. The Balaban J connectivity index is 1.79. The molecule has 1 aromatic rings. The molecule has 20 nitrogen and oxygen atoms in total. The van der Waals surface area contributed by atoms with Gasteiger partial charge in [0.25, 0.3) is 0 Å². The van der Waals surface area contributed by atoms with Gasteiger partial charge in [0.15, 0.2) is 30.6 Å². The molecule has 16 atom stereocenters. The van der Waals surface area contributed by atoms with Crippen LogP contribution in [0.25, 0.3) is 0 Å². The lowest BCUT2D eigenvalue weighted by atomic mass is 9.81. The maximum Gasteiger partial charge on any atom is 0.309 e. The number of aryl methyl sites for hydroxylation is 1. The van der Waals surface area contributed by atoms with E-state index >= 15 is 0 Å². The molecule has 0 amide bonds. The quantitative estimate of drug-likeness (QED) is 0.101. The first-order valence-corrected chi connectivity index (χ1v) is 26.3. The number of benzene rings is 1. The molecule has 0 aromatic heterocycles. The summed E-state index contributed by atoms with van der Waals surface area (Å²) in [6.07, 6.45) is -10.5. The molecule has 10 unspecified atom stereocenters. The first-order valence-electron chi connectivity index (χ1n) is 26.3. The topological polar surface area (TPSA) is 223 Å². The van der Waals surface area contributed by atoms with Crippen LogP contribution in [0.4, 0.5) is 0 Å². The Morgan fingerprint density at radius 3 is 2.11 bits per heavy atom. The number of hydrogen-bond acceptors (Lipinski definition) is 20. The van der Waals surface area contributed by atoms with Gasteiger partial charge >= 0.3 is 29.8 Å². The summed E-state index contributed by atoms with van der Waals surface area (Å²) in [5, 5.41) is 12.6. The third-order valence-corrected chi connectivity index (χ3v) is 14.3. The first-order chi connectivity index (χ1) is 35.1. The molecule has 1 N–H and O–H groups in total. The number of ether oxygens (including phenoxy) is 12. The van der Waals surface area contributed by atoms with E-state index < -0.39 is 134 Å². The van der Waals surface area contributed by atoms with E-state index in [2.05, 4.69) is 17.0 Å². The molecular weight excluding hydrogens is 965 g/mol. The highest BCUT2D eigenvalue weighted by molar-refractivity contribution is 5.73. The fraction of sp³-hybridized carbons (Fsp3) is 0.796. The Hall–Kier alpha value is -3.83. The molecule has 4 rings (SSSR count). The van der Waals surface area contributed by atoms with E-state index in [0.29, 0.717) is 32.5 Å². The Labute approximate surface area is 438 Å². The van der Waals surface area contributed by atoms with Crippen molar-refractivity contribution < 1.29 is 85.9 Å². The summed E-state index contributed by atoms with van der Waals surface area (Å²) in [6.45, 7) is 16.5. The van der Waals surface area contributed by atoms with Crippen LogP contribution in [0.1, 0.15) is 119 Å². The molecule has 74 heavy (non-hydrogen) atoms. The molecule has 3 aliphatic heterocycles. The summed E-state index contributed by atoms with van der Waals surface area (Å²) < 4.78 is 74.3. The predicted molar refractivity (Wildman–Crippen MR) is 269 cm³/mol. The minimum atomic E-state index is -1.43. The third kappa shape index (κ3) is 18.4. The highest BCUT2D eigenvalue weighted by Gasteiger charge is 2.55. The number of likely N-dealkylation sites (N-methyl/N-ethyl adjacent to an activating group) is 1. The summed E-state index contributed by atoms with van der Waals surface area (Å²) >= 11 is 0. The molecule has 422 valence electrons. The molecule has 0 aliphatic carbocycles. The van der Waals surface area contributed by atoms with Gasteiger partial charge in [0.2, 0.25) is 0 Å². The number of aliphatic hydroxyl groups excluding tert-OH is 1. The number of cyclic esters (lactones) is 1. The number of nitrogens with zero attached hydrogens (tertiary/aromatic N) is 2. The van der Waals surface area contributed by atoms with Crippen molar-refractivity contribution in [2.75, 3.05) is 55.1 Å². The van der Waals surface area contributed by atoms with Crippen LogP contribution in [0.3, 0.4) is 0 Å². The van der Waals surface area contributed by atoms with Gasteiger partial charge in [-0.05, 0) is 91.4 Å². The summed E-state index contributed by atoms with van der Waals surface area (Å²) in [7, 11) is 7.98. The molecule has 1 aromatic carbocycles. The van der Waals surface area contributed by atoms with E-state index in [1.54, 1.807) is 53.6 Å². The number of carbonyl (C=O) groups excluding carboxylic acids is 5. The Kier molecular flexibility index (Phi) is 25.6. The van der Waals surface area contributed by atoms with Crippen molar-refractivity contribution in [2.45, 2.75) is 212 Å². The molecule has 3 saturated heterocycles. The van der Waals surface area contributed by atoms with Crippen LogP contribution in [0.5, 0.6) is 0 Å². The van der Waals surface area contributed by atoms with Crippen molar-refractivity contribution in [1.29, 1.82) is 0 Å². The number of hydrogen-bond donors (Lipinski definition) is 1. The molecule has 20 heteroatoms. The number of methoxy groups -OCH3 is 3. The fourth-order valence-electron chi connectivity index (χ4n) is 10.6. The Morgan fingerprint density at radius 2 is 1.51 bits per heavy atom. The van der Waals surface area contributed by atoms with Gasteiger partial charge < -0.3 is 66.8 Å². The molecule has 0 radical (unpaired) electrons. The van der Waals surface area contributed by atoms with Crippen LogP contribution < -0.4 is 0 Å². The van der Waals surface area contributed by atoms with Gasteiger partial charge in [0.1, 0.15) is 36.6 Å². The second kappa shape index (κ2) is 30.2. The number of aliphatic hydroxyl groups is 1. The van der Waals surface area contributed by atoms with Crippen molar-refractivity contribution in [3.63, 3.8) is 0 Å². The van der Waals surface area contributed by atoms with Crippen LogP contribution in [0.15, 0.2) is 30.3 Å². The SMILES string of the molecule is CCC(=O)OC1C(C)OC(OC2C(C)OC(O[C@@H]3C(OC)[C@H](OC(=O)CC)CC(=O)O[C@H](C)CCN(CCCc4ccccc4)C[C@H](OC(C)=O)[C@H](C)C[C@@H]3CC(OC)OC)C(O)C2N(C)C)CC1(C)OC(C)=O. The van der Waals surface area contributed by atoms with Crippen LogP contribution in [-0.4, -0.2) is 191 Å². The highest BCUT2D eigenvalue weighted by atomic mass is 16.7. The second-order valence-corrected chi connectivity index (χ2v) is 20.5. The van der Waals surface area contributed by atoms with Crippen molar-refractivity contribution in [3.05, 3.63) is 35.9 Å². The molecule has 3 aliphatic rings. The molecule has 3 heterocycles. The van der Waals surface area contributed by atoms with Gasteiger partial charge in [0, 0.05) is 73.9 Å². The summed E-state index contributed by atoms with van der Waals surface area (Å²) in [6, 6.07) is 9.37. The maximum absolute atomic E-state index is 14.0. The van der Waals surface area contributed by atoms with E-state index in [1.807, 2.05) is 32.0 Å². The minimum absolute atomic E-state index is 0.00804. The van der Waals surface area contributed by atoms with Gasteiger partial charge in [-0.15, -0.1) is 0 Å². The maximum atomic E-state index is 14.0. The normalized spacial score (nSPS) is 34.0. The molecule has 3 fully saturated rings. The van der Waals surface area contributed by atoms with E-state index in [1.165, 1.54) is 40.7 Å². The van der Waals surface area contributed by atoms with E-state index in [4.69, 9.17) is 56.8 Å². The van der Waals surface area contributed by atoms with Crippen LogP contribution in [0, 0.1) is 11.8 Å². The van der Waals surface area contributed by atoms with Crippen molar-refractivity contribution in [1.82, 2.24) is 9.80 Å². The van der Waals surface area contributed by atoms with Gasteiger partial charge in [-0.25, -0.2) is 0 Å². The third-order valence-electron chi connectivity index (χ3n) is 14.3. The van der Waals surface area contributed by atoms with Crippen molar-refractivity contribution in [3.8, 4) is 0 Å². The number of carbonyl (C=O) groups is 5. The average molecular weight is 1050 g/mol. The lowest BCUT2D eigenvalue weighted by molar-refractivity contribution is -0.345. The van der Waals surface area contributed by atoms with E-state index in [0.717, 1.165) is 12.8 Å². The highest BCUT2D eigenvalue weighted by Crippen LogP contribution is 2.40. The van der Waals surface area contributed by atoms with Gasteiger partial charge in [-0.2, -0.15) is 0 Å². The Bertz CT molecular complexity index is 1890. The smallest absolute Gasteiger partial charge is 0.309 e. The van der Waals surface area contributed by atoms with Crippen LogP contribution in [-0.2, 0) is 87.2 Å². The molecule has 0 spiro atoms. The largest absolute Gasteiger partial charge is 0.463 e. The van der Waals surface area contributed by atoms with Gasteiger partial charge in [-0.3, -0.25) is 28.9 Å². The van der Waals surface area contributed by atoms with Gasteiger partial charge in [0.05, 0.1) is 30.8 Å². The standard InChI is InChI=1S/C54H88N2O18/c1-15-42(59)70-40-29-44(61)66-33(4)24-26-56(25-20-23-38-21-18-17-19-22-38)31-41(69-36(7)57)32(3)27-39(28-45(63-12)64-13)50(51(40)65-14)73-53-48(62)47(55(10)11)49(34(5)68-53)72-46-30-54(9,74-37(8)58)52(35(6)67-46)71-43(60)16-2/h17-19,21-22,32-35,39-41,45-53,62H,15-16,20,23-31H2,1-14H3/t32-,33-,34?,35?,39-,40-,41+,46?,47?,48?,49?,50+,51?,52?,53?,54?/m1/s1. The van der Waals surface area contributed by atoms with Gasteiger partial charge in [-0.1, -0.05) is 51.1 Å². The zero-order valence-corrected chi connectivity index (χ0v) is 46.4. The van der Waals surface area contributed by atoms with Crippen LogP contribution in [0.2, 0.25) is 0 Å². The fourth-order valence-corrected chi connectivity index (χ4v) is 10.6. The number of esters is 5. The monoisotopic (exact) mass is 1050 g/mol. The summed E-state index contributed by atoms with van der Waals surface area (Å²) in [4.78, 5) is 69.2. The molecular formula is C54H88N2O18. The second-order valence-electron chi connectivity index (χ2n) is 20.5. The van der Waals surface area contributed by atoms with Crippen molar-refractivity contribution >= 4 is 29.8 Å². The zero-order valence-electron chi connectivity index (χ0n) is 46.4. The van der Waals surface area contributed by atoms with E-state index in [-0.39, 0.29) is 31.6 Å². The predicted octanol–water partition coefficient (Wildman–Crippen LogP) is 5.15. The molecule has 0 saturated carbocycles. The van der Waals surface area contributed by atoms with Crippen LogP contribution >= 0.6 is 0 Å². The summed E-state index contributed by atoms with van der Waals surface area (Å²) in [5.41, 5.74) is -0.130. The lowest BCUT2D eigenvalue weighted by Gasteiger charge is -2.51. The Morgan fingerprint density at radius 1 is 0.851 bits per heavy atom. The lowest BCUT2D eigenvalue weighted by Crippen LogP contribution is -2.66. The zero-order chi connectivity index (χ0) is 54.9. The van der Waals surface area contributed by atoms with E-state index in [9.17, 15) is 29.1 Å².